The van der Waals surface area contributed by atoms with Gasteiger partial charge in [-0.25, -0.2) is 0 Å². The molecule has 1 aliphatic rings. The Morgan fingerprint density at radius 3 is 1.39 bits per heavy atom. The van der Waals surface area contributed by atoms with Crippen LogP contribution in [0.3, 0.4) is 0 Å². The van der Waals surface area contributed by atoms with E-state index in [1.165, 1.54) is 131 Å². The maximum absolute atomic E-state index is 2.52. The van der Waals surface area contributed by atoms with Gasteiger partial charge in [0.15, 0.2) is 0 Å². The molecule has 13 rings (SSSR count). The zero-order chi connectivity index (χ0) is 40.4. The summed E-state index contributed by atoms with van der Waals surface area (Å²) in [6, 6.07) is 77.4. The van der Waals surface area contributed by atoms with Crippen LogP contribution in [0.25, 0.3) is 120 Å². The lowest BCUT2D eigenvalue weighted by Gasteiger charge is -2.23. The summed E-state index contributed by atoms with van der Waals surface area (Å²) in [5.74, 6) is 0. The Kier molecular flexibility index (Phi) is 7.17. The molecule has 0 fully saturated rings. The zero-order valence-corrected chi connectivity index (χ0v) is 34.1. The molecule has 0 radical (unpaired) electrons. The first-order valence-electron chi connectivity index (χ1n) is 21.5. The van der Waals surface area contributed by atoms with Crippen LogP contribution in [0.15, 0.2) is 206 Å². The van der Waals surface area contributed by atoms with Crippen LogP contribution in [0.2, 0.25) is 0 Å². The molecular weight excluding hydrogens is 733 g/mol. The lowest BCUT2D eigenvalue weighted by molar-refractivity contribution is 0.661. The molecule has 61 heavy (non-hydrogen) atoms. The van der Waals surface area contributed by atoms with Gasteiger partial charge in [-0.15, -0.1) is 0 Å². The molecule has 0 aromatic heterocycles. The van der Waals surface area contributed by atoms with Gasteiger partial charge in [-0.05, 0) is 149 Å². The van der Waals surface area contributed by atoms with Crippen molar-refractivity contribution in [2.75, 3.05) is 0 Å². The van der Waals surface area contributed by atoms with Crippen LogP contribution in [0.4, 0.5) is 0 Å². The Morgan fingerprint density at radius 2 is 0.721 bits per heavy atom. The largest absolute Gasteiger partial charge is 0.0616 e. The molecule has 0 unspecified atom stereocenters. The average molecular weight is 773 g/mol. The van der Waals surface area contributed by atoms with Crippen molar-refractivity contribution in [3.63, 3.8) is 0 Å². The normalized spacial score (nSPS) is 13.2. The molecule has 0 N–H and O–H groups in total. The van der Waals surface area contributed by atoms with Gasteiger partial charge in [-0.2, -0.15) is 0 Å². The molecule has 0 amide bonds. The third-order valence-corrected chi connectivity index (χ3v) is 14.0. The van der Waals surface area contributed by atoms with Gasteiger partial charge in [0.2, 0.25) is 0 Å². The molecule has 0 bridgehead atoms. The number of rotatable bonds is 3. The Morgan fingerprint density at radius 1 is 0.262 bits per heavy atom. The summed E-state index contributed by atoms with van der Waals surface area (Å²) in [6.07, 6.45) is 0. The number of fused-ring (bicyclic) bond motifs is 15. The van der Waals surface area contributed by atoms with E-state index in [-0.39, 0.29) is 5.41 Å². The smallest absolute Gasteiger partial charge is 0.0159 e. The Labute approximate surface area is 355 Å². The van der Waals surface area contributed by atoms with Gasteiger partial charge in [0.05, 0.1) is 0 Å². The molecule has 0 spiro atoms. The predicted octanol–water partition coefficient (Wildman–Crippen LogP) is 17.1. The Balaban J connectivity index is 1.00. The topological polar surface area (TPSA) is 0 Å². The van der Waals surface area contributed by atoms with Gasteiger partial charge in [0.1, 0.15) is 0 Å². The lowest BCUT2D eigenvalue weighted by atomic mass is 9.80. The molecule has 0 heteroatoms. The molecule has 0 heterocycles. The van der Waals surface area contributed by atoms with E-state index in [9.17, 15) is 0 Å². The maximum Gasteiger partial charge on any atom is 0.0159 e. The fourth-order valence-electron chi connectivity index (χ4n) is 11.2. The van der Waals surface area contributed by atoms with E-state index in [0.717, 1.165) is 0 Å². The third-order valence-electron chi connectivity index (χ3n) is 14.0. The van der Waals surface area contributed by atoms with Crippen molar-refractivity contribution in [2.24, 2.45) is 0 Å². The van der Waals surface area contributed by atoms with Crippen LogP contribution in [0, 0.1) is 0 Å². The summed E-state index contributed by atoms with van der Waals surface area (Å²) in [6.45, 7) is 4.83. The van der Waals surface area contributed by atoms with Crippen molar-refractivity contribution in [1.29, 1.82) is 0 Å². The summed E-state index contributed by atoms with van der Waals surface area (Å²) in [5.41, 5.74) is 12.9. The number of benzene rings is 12. The average Bonchev–Trinajstić information content (AvgIpc) is 3.55. The van der Waals surface area contributed by atoms with Crippen molar-refractivity contribution in [1.82, 2.24) is 0 Å². The molecule has 0 saturated heterocycles. The fraction of sp³-hybridized carbons (Fsp3) is 0.0492. The SMILES string of the molecule is CC1(C)c2cc(-c3c4ccccc4c(-c4cccc(-c5ccc6c(ccc7ccccc76)c5)c4)c4ccccc34)ccc2-c2c1ccc1c3ccccc3c3ccccc3c21. The van der Waals surface area contributed by atoms with Crippen LogP contribution < -0.4 is 0 Å². The monoisotopic (exact) mass is 772 g/mol. The summed E-state index contributed by atoms with van der Waals surface area (Å²) >= 11 is 0. The summed E-state index contributed by atoms with van der Waals surface area (Å²) in [7, 11) is 0. The lowest BCUT2D eigenvalue weighted by Crippen LogP contribution is -2.15. The van der Waals surface area contributed by atoms with Gasteiger partial charge >= 0.3 is 0 Å². The highest BCUT2D eigenvalue weighted by Gasteiger charge is 2.37. The van der Waals surface area contributed by atoms with Crippen LogP contribution in [-0.4, -0.2) is 0 Å². The highest BCUT2D eigenvalue weighted by molar-refractivity contribution is 6.29. The summed E-state index contributed by atoms with van der Waals surface area (Å²) in [4.78, 5) is 0. The highest BCUT2D eigenvalue weighted by Crippen LogP contribution is 2.55. The minimum atomic E-state index is -0.177. The van der Waals surface area contributed by atoms with Gasteiger partial charge in [0.25, 0.3) is 0 Å². The van der Waals surface area contributed by atoms with E-state index in [1.54, 1.807) is 0 Å². The van der Waals surface area contributed by atoms with Crippen molar-refractivity contribution in [3.05, 3.63) is 217 Å². The zero-order valence-electron chi connectivity index (χ0n) is 34.1. The van der Waals surface area contributed by atoms with Gasteiger partial charge in [0, 0.05) is 5.41 Å². The summed E-state index contributed by atoms with van der Waals surface area (Å²) < 4.78 is 0. The van der Waals surface area contributed by atoms with E-state index in [2.05, 4.69) is 220 Å². The van der Waals surface area contributed by atoms with Crippen LogP contribution in [-0.2, 0) is 5.41 Å². The molecular formula is C61H40. The summed E-state index contributed by atoms with van der Waals surface area (Å²) in [5, 5.41) is 18.2. The quantitative estimate of drug-likeness (QED) is 0.124. The van der Waals surface area contributed by atoms with Crippen molar-refractivity contribution < 1.29 is 0 Å². The molecule has 0 nitrogen and oxygen atoms in total. The van der Waals surface area contributed by atoms with E-state index in [4.69, 9.17) is 0 Å². The third kappa shape index (κ3) is 4.88. The van der Waals surface area contributed by atoms with Gasteiger partial charge < -0.3 is 0 Å². The van der Waals surface area contributed by atoms with E-state index < -0.39 is 0 Å². The van der Waals surface area contributed by atoms with Gasteiger partial charge in [-0.3, -0.25) is 0 Å². The van der Waals surface area contributed by atoms with Crippen LogP contribution in [0.1, 0.15) is 25.0 Å². The molecule has 0 aliphatic heterocycles. The molecule has 284 valence electrons. The second kappa shape index (κ2) is 12.7. The maximum atomic E-state index is 2.52. The predicted molar refractivity (Wildman–Crippen MR) is 263 cm³/mol. The molecule has 12 aromatic carbocycles. The first kappa shape index (κ1) is 34.3. The van der Waals surface area contributed by atoms with Crippen molar-refractivity contribution >= 4 is 75.4 Å². The first-order valence-corrected chi connectivity index (χ1v) is 21.5. The molecule has 0 atom stereocenters. The Hall–Kier alpha value is -7.54. The van der Waals surface area contributed by atoms with E-state index >= 15 is 0 Å². The van der Waals surface area contributed by atoms with E-state index in [1.807, 2.05) is 0 Å². The van der Waals surface area contributed by atoms with Crippen molar-refractivity contribution in [2.45, 2.75) is 19.3 Å². The second-order valence-corrected chi connectivity index (χ2v) is 17.5. The standard InChI is InChI=1S/C61H40/c1-61(2)55-33-32-53-47-20-6-5-18-45(47)46-19-7-8-21-48(46)59(53)60(55)54-31-29-42(36-56(54)61)58-51-24-11-9-22-49(51)57(50-23-10-12-25-52(50)58)41-16-13-15-38(35-41)39-28-30-44-40(34-39)27-26-37-14-3-4-17-43(37)44/h3-36H,1-2H3. The van der Waals surface area contributed by atoms with Crippen LogP contribution in [0.5, 0.6) is 0 Å². The minimum Gasteiger partial charge on any atom is -0.0616 e. The highest BCUT2D eigenvalue weighted by atomic mass is 14.4. The van der Waals surface area contributed by atoms with Crippen molar-refractivity contribution in [3.8, 4) is 44.5 Å². The first-order chi connectivity index (χ1) is 30.0. The van der Waals surface area contributed by atoms with Crippen LogP contribution >= 0.6 is 0 Å². The number of hydrogen-bond acceptors (Lipinski definition) is 0. The Bertz CT molecular complexity index is 3750. The number of hydrogen-bond donors (Lipinski definition) is 0. The fourth-order valence-corrected chi connectivity index (χ4v) is 11.2. The second-order valence-electron chi connectivity index (χ2n) is 17.5. The minimum absolute atomic E-state index is 0.177. The molecule has 1 aliphatic carbocycles. The molecule has 12 aromatic rings. The van der Waals surface area contributed by atoms with E-state index in [0.29, 0.717) is 0 Å². The molecule has 0 saturated carbocycles. The van der Waals surface area contributed by atoms with Gasteiger partial charge in [-0.1, -0.05) is 202 Å².